The minimum Gasteiger partial charge on any atom is -0.480 e. The highest BCUT2D eigenvalue weighted by Crippen LogP contribution is 1.87. The van der Waals surface area contributed by atoms with Crippen LogP contribution >= 0.6 is 25.4 Å². The molecule has 0 saturated heterocycles. The number of carboxylic acids is 1. The third-order valence-corrected chi connectivity index (χ3v) is 1.31. The summed E-state index contributed by atoms with van der Waals surface area (Å²) < 4.78 is 2.27. The summed E-state index contributed by atoms with van der Waals surface area (Å²) in [5, 5.41) is 8.21. The van der Waals surface area contributed by atoms with Crippen LogP contribution < -0.4 is 4.72 Å². The first-order valence-corrected chi connectivity index (χ1v) is 3.03. The van der Waals surface area contributed by atoms with E-state index < -0.39 is 12.0 Å². The Morgan fingerprint density at radius 2 is 2.38 bits per heavy atom. The lowest BCUT2D eigenvalue weighted by Gasteiger charge is -2.03. The molecule has 8 heavy (non-hydrogen) atoms. The molecular weight excluding hydrogens is 146 g/mol. The van der Waals surface area contributed by atoms with Crippen molar-refractivity contribution >= 4 is 31.4 Å². The lowest BCUT2D eigenvalue weighted by Crippen LogP contribution is -2.32. The Balaban J connectivity index is 3.52. The lowest BCUT2D eigenvalue weighted by molar-refractivity contribution is -0.138. The summed E-state index contributed by atoms with van der Waals surface area (Å²) in [7, 11) is 0. The lowest BCUT2D eigenvalue weighted by atomic mass is 10.4. The first-order valence-electron chi connectivity index (χ1n) is 1.95. The fraction of sp³-hybridized carbons (Fsp3) is 0.667. The summed E-state index contributed by atoms with van der Waals surface area (Å²) in [6.45, 7) is 0. The fourth-order valence-electron chi connectivity index (χ4n) is 0.174. The van der Waals surface area contributed by atoms with E-state index in [2.05, 4.69) is 30.2 Å². The van der Waals surface area contributed by atoms with Crippen molar-refractivity contribution in [3.63, 3.8) is 0 Å². The van der Waals surface area contributed by atoms with E-state index in [0.29, 0.717) is 0 Å². The van der Waals surface area contributed by atoms with Gasteiger partial charge in [-0.25, -0.2) is 0 Å². The summed E-state index contributed by atoms with van der Waals surface area (Å²) in [6.07, 6.45) is 0. The van der Waals surface area contributed by atoms with E-state index in [4.69, 9.17) is 5.11 Å². The Bertz CT molecular complexity index is 83.4. The van der Waals surface area contributed by atoms with E-state index in [1.807, 2.05) is 0 Å². The number of carboxylic acid groups (broad SMARTS) is 1. The molecule has 0 unspecified atom stereocenters. The van der Waals surface area contributed by atoms with Gasteiger partial charge in [0.25, 0.3) is 0 Å². The maximum atomic E-state index is 10.0. The van der Waals surface area contributed by atoms with Gasteiger partial charge in [-0.2, -0.15) is 12.6 Å². The predicted octanol–water partition coefficient (Wildman–Crippen LogP) is -0.196. The predicted molar refractivity (Wildman–Crippen MR) is 37.4 cm³/mol. The summed E-state index contributed by atoms with van der Waals surface area (Å²) in [5.41, 5.74) is 0. The Hall–Kier alpha value is 0.130. The van der Waals surface area contributed by atoms with Crippen LogP contribution in [0.2, 0.25) is 0 Å². The first-order chi connectivity index (χ1) is 3.72. The molecule has 0 aromatic heterocycles. The van der Waals surface area contributed by atoms with Crippen molar-refractivity contribution in [2.45, 2.75) is 6.04 Å². The summed E-state index contributed by atoms with van der Waals surface area (Å²) in [5.74, 6) is -0.686. The van der Waals surface area contributed by atoms with Gasteiger partial charge in [0.2, 0.25) is 0 Å². The summed E-state index contributed by atoms with van der Waals surface area (Å²) in [4.78, 5) is 10.0. The SMILES string of the molecule is O=C(O)[C@@H](CS)NS. The topological polar surface area (TPSA) is 49.3 Å². The largest absolute Gasteiger partial charge is 0.480 e. The van der Waals surface area contributed by atoms with Crippen molar-refractivity contribution in [3.05, 3.63) is 0 Å². The van der Waals surface area contributed by atoms with E-state index in [1.165, 1.54) is 0 Å². The molecule has 48 valence electrons. The van der Waals surface area contributed by atoms with E-state index in [1.54, 1.807) is 0 Å². The number of carbonyl (C=O) groups is 1. The van der Waals surface area contributed by atoms with E-state index >= 15 is 0 Å². The molecule has 0 aliphatic carbocycles. The molecule has 0 fully saturated rings. The average molecular weight is 153 g/mol. The van der Waals surface area contributed by atoms with Gasteiger partial charge in [-0.3, -0.25) is 9.52 Å². The smallest absolute Gasteiger partial charge is 0.322 e. The zero-order valence-electron chi connectivity index (χ0n) is 4.03. The maximum Gasteiger partial charge on any atom is 0.322 e. The van der Waals surface area contributed by atoms with Crippen LogP contribution in [0.5, 0.6) is 0 Å². The van der Waals surface area contributed by atoms with E-state index in [0.717, 1.165) is 0 Å². The molecule has 2 N–H and O–H groups in total. The Kier molecular flexibility index (Phi) is 4.12. The minimum absolute atomic E-state index is 0.249. The van der Waals surface area contributed by atoms with Gasteiger partial charge in [0.15, 0.2) is 0 Å². The molecular formula is C3H7NO2S2. The molecule has 0 aliphatic heterocycles. The van der Waals surface area contributed by atoms with Crippen LogP contribution in [0.25, 0.3) is 0 Å². The second kappa shape index (κ2) is 4.05. The van der Waals surface area contributed by atoms with Gasteiger partial charge in [0.05, 0.1) is 0 Å². The van der Waals surface area contributed by atoms with Crippen LogP contribution in [0.3, 0.4) is 0 Å². The highest BCUT2D eigenvalue weighted by molar-refractivity contribution is 7.80. The molecule has 0 bridgehead atoms. The van der Waals surface area contributed by atoms with Crippen molar-refractivity contribution in [2.75, 3.05) is 5.75 Å². The van der Waals surface area contributed by atoms with Crippen LogP contribution in [0, 0.1) is 0 Å². The summed E-state index contributed by atoms with van der Waals surface area (Å²) in [6, 6.07) is -0.651. The van der Waals surface area contributed by atoms with E-state index in [-0.39, 0.29) is 5.75 Å². The quantitative estimate of drug-likeness (QED) is 0.425. The highest BCUT2D eigenvalue weighted by Gasteiger charge is 2.11. The molecule has 0 aliphatic rings. The highest BCUT2D eigenvalue weighted by atomic mass is 32.1. The Morgan fingerprint density at radius 3 is 2.38 bits per heavy atom. The molecule has 5 heteroatoms. The van der Waals surface area contributed by atoms with Crippen LogP contribution in [-0.2, 0) is 4.79 Å². The molecule has 0 aromatic rings. The zero-order chi connectivity index (χ0) is 6.57. The van der Waals surface area contributed by atoms with Crippen molar-refractivity contribution < 1.29 is 9.90 Å². The summed E-state index contributed by atoms with van der Waals surface area (Å²) >= 11 is 7.30. The van der Waals surface area contributed by atoms with Gasteiger partial charge in [-0.05, 0) is 0 Å². The molecule has 0 aromatic carbocycles. The standard InChI is InChI=1S/C3H7NO2S2/c5-3(6)2(1-7)4-8/h2,4,7-8H,1H2,(H,5,6)/t2-/m1/s1. The molecule has 0 heterocycles. The van der Waals surface area contributed by atoms with Gasteiger partial charge in [-0.15, -0.1) is 0 Å². The van der Waals surface area contributed by atoms with Gasteiger partial charge >= 0.3 is 5.97 Å². The molecule has 1 atom stereocenters. The monoisotopic (exact) mass is 153 g/mol. The third-order valence-electron chi connectivity index (χ3n) is 0.637. The van der Waals surface area contributed by atoms with Crippen molar-refractivity contribution in [1.82, 2.24) is 4.72 Å². The second-order valence-corrected chi connectivity index (χ2v) is 1.83. The molecule has 0 radical (unpaired) electrons. The maximum absolute atomic E-state index is 10.0. The van der Waals surface area contributed by atoms with Gasteiger partial charge < -0.3 is 5.11 Å². The van der Waals surface area contributed by atoms with Crippen LogP contribution in [0.15, 0.2) is 0 Å². The van der Waals surface area contributed by atoms with Gasteiger partial charge in [-0.1, -0.05) is 12.8 Å². The number of nitrogens with one attached hydrogen (secondary N) is 1. The molecule has 0 spiro atoms. The number of rotatable bonds is 3. The number of hydrogen-bond donors (Lipinski definition) is 4. The molecule has 3 nitrogen and oxygen atoms in total. The van der Waals surface area contributed by atoms with E-state index in [9.17, 15) is 4.79 Å². The number of thiol groups is 2. The fourth-order valence-corrected chi connectivity index (χ4v) is 0.767. The van der Waals surface area contributed by atoms with Gasteiger partial charge in [0.1, 0.15) is 6.04 Å². The second-order valence-electron chi connectivity index (χ2n) is 1.20. The van der Waals surface area contributed by atoms with Crippen LogP contribution in [-0.4, -0.2) is 22.9 Å². The number of aliphatic carboxylic acids is 1. The Morgan fingerprint density at radius 1 is 1.88 bits per heavy atom. The molecule has 0 rings (SSSR count). The molecule has 0 saturated carbocycles. The Labute approximate surface area is 58.4 Å². The van der Waals surface area contributed by atoms with Crippen LogP contribution in [0.4, 0.5) is 0 Å². The average Bonchev–Trinajstić information content (AvgIpc) is 1.69. The third kappa shape index (κ3) is 2.44. The zero-order valence-corrected chi connectivity index (χ0v) is 5.82. The van der Waals surface area contributed by atoms with Crippen molar-refractivity contribution in [1.29, 1.82) is 0 Å². The molecule has 0 amide bonds. The number of hydrogen-bond acceptors (Lipinski definition) is 4. The minimum atomic E-state index is -0.935. The van der Waals surface area contributed by atoms with Gasteiger partial charge in [0, 0.05) is 5.75 Å². The normalized spacial score (nSPS) is 13.2. The van der Waals surface area contributed by atoms with Crippen molar-refractivity contribution in [2.24, 2.45) is 0 Å². The van der Waals surface area contributed by atoms with Crippen molar-refractivity contribution in [3.8, 4) is 0 Å². The first kappa shape index (κ1) is 8.13. The van der Waals surface area contributed by atoms with Crippen LogP contribution in [0.1, 0.15) is 0 Å².